The lowest BCUT2D eigenvalue weighted by molar-refractivity contribution is -0.161. The van der Waals surface area contributed by atoms with Crippen molar-refractivity contribution in [3.63, 3.8) is 0 Å². The molecule has 0 aliphatic rings. The van der Waals surface area contributed by atoms with Crippen molar-refractivity contribution in [2.75, 3.05) is 26.4 Å². The molecule has 0 aromatic heterocycles. The number of carbonyl (C=O) groups excluding carboxylic acids is 2. The first-order valence-corrected chi connectivity index (χ1v) is 7.03. The molecule has 0 radical (unpaired) electrons. The Kier molecular flexibility index (Phi) is 7.64. The van der Waals surface area contributed by atoms with Gasteiger partial charge in [0.05, 0.1) is 25.2 Å². The van der Waals surface area contributed by atoms with Crippen LogP contribution in [0.25, 0.3) is 0 Å². The molecule has 0 bridgehead atoms. The second-order valence-corrected chi connectivity index (χ2v) is 6.99. The number of rotatable bonds is 8. The monoisotopic (exact) mass is 300 g/mol. The molecule has 122 valence electrons. The first-order valence-electron chi connectivity index (χ1n) is 7.03. The van der Waals surface area contributed by atoms with Gasteiger partial charge < -0.3 is 14.2 Å². The molecule has 0 aliphatic heterocycles. The zero-order valence-electron chi connectivity index (χ0n) is 14.1. The Morgan fingerprint density at radius 2 is 1.52 bits per heavy atom. The van der Waals surface area contributed by atoms with Gasteiger partial charge in [-0.25, -0.2) is 4.79 Å². The zero-order chi connectivity index (χ0) is 16.7. The van der Waals surface area contributed by atoms with Gasteiger partial charge in [0.25, 0.3) is 0 Å². The van der Waals surface area contributed by atoms with Crippen molar-refractivity contribution < 1.29 is 23.8 Å². The fourth-order valence-electron chi connectivity index (χ4n) is 1.18. The summed E-state index contributed by atoms with van der Waals surface area (Å²) in [4.78, 5) is 23.1. The number of carbonyl (C=O) groups is 2. The van der Waals surface area contributed by atoms with Crippen molar-refractivity contribution in [1.29, 1.82) is 0 Å². The van der Waals surface area contributed by atoms with Gasteiger partial charge in [0.1, 0.15) is 6.61 Å². The lowest BCUT2D eigenvalue weighted by Crippen LogP contribution is -2.34. The predicted molar refractivity (Wildman–Crippen MR) is 80.8 cm³/mol. The summed E-state index contributed by atoms with van der Waals surface area (Å²) in [6.45, 7) is 15.5. The summed E-state index contributed by atoms with van der Waals surface area (Å²) < 4.78 is 15.5. The van der Waals surface area contributed by atoms with Crippen molar-refractivity contribution in [1.82, 2.24) is 0 Å². The van der Waals surface area contributed by atoms with E-state index in [4.69, 9.17) is 14.2 Å². The molecule has 0 fully saturated rings. The van der Waals surface area contributed by atoms with Crippen molar-refractivity contribution in [3.8, 4) is 0 Å². The first kappa shape index (κ1) is 19.6. The molecule has 0 saturated heterocycles. The molecule has 0 spiro atoms. The van der Waals surface area contributed by atoms with Crippen LogP contribution in [0, 0.1) is 10.8 Å². The maximum Gasteiger partial charge on any atom is 0.333 e. The highest BCUT2D eigenvalue weighted by Crippen LogP contribution is 2.21. The van der Waals surface area contributed by atoms with Gasteiger partial charge in [0, 0.05) is 5.57 Å². The van der Waals surface area contributed by atoms with Crippen LogP contribution in [-0.2, 0) is 23.8 Å². The van der Waals surface area contributed by atoms with Crippen LogP contribution in [0.2, 0.25) is 0 Å². The number of hydrogen-bond donors (Lipinski definition) is 0. The molecule has 0 aromatic rings. The maximum absolute atomic E-state index is 12.0. The number of esters is 2. The van der Waals surface area contributed by atoms with Crippen molar-refractivity contribution in [3.05, 3.63) is 12.2 Å². The van der Waals surface area contributed by atoms with Crippen LogP contribution in [0.1, 0.15) is 41.5 Å². The smallest absolute Gasteiger partial charge is 0.333 e. The molecule has 0 heterocycles. The summed E-state index contributed by atoms with van der Waals surface area (Å²) in [5.74, 6) is -0.737. The third-order valence-electron chi connectivity index (χ3n) is 2.46. The predicted octanol–water partition coefficient (Wildman–Crippen LogP) is 2.74. The van der Waals surface area contributed by atoms with E-state index >= 15 is 0 Å². The highest BCUT2D eigenvalue weighted by molar-refractivity contribution is 5.86. The molecule has 0 N–H and O–H groups in total. The minimum atomic E-state index is -0.733. The Bertz CT molecular complexity index is 377. The highest BCUT2D eigenvalue weighted by atomic mass is 16.6. The molecule has 0 aliphatic carbocycles. The van der Waals surface area contributed by atoms with Crippen LogP contribution in [-0.4, -0.2) is 38.4 Å². The minimum Gasteiger partial charge on any atom is -0.465 e. The fourth-order valence-corrected chi connectivity index (χ4v) is 1.18. The van der Waals surface area contributed by atoms with Crippen molar-refractivity contribution in [2.24, 2.45) is 10.8 Å². The van der Waals surface area contributed by atoms with Gasteiger partial charge in [-0.2, -0.15) is 0 Å². The van der Waals surface area contributed by atoms with E-state index in [0.717, 1.165) is 0 Å². The van der Waals surface area contributed by atoms with Crippen LogP contribution in [0.5, 0.6) is 0 Å². The van der Waals surface area contributed by atoms with E-state index < -0.39 is 11.4 Å². The summed E-state index contributed by atoms with van der Waals surface area (Å²) >= 11 is 0. The largest absolute Gasteiger partial charge is 0.465 e. The zero-order valence-corrected chi connectivity index (χ0v) is 14.1. The lowest BCUT2D eigenvalue weighted by atomic mass is 9.94. The van der Waals surface area contributed by atoms with Crippen molar-refractivity contribution >= 4 is 11.9 Å². The van der Waals surface area contributed by atoms with E-state index in [1.54, 1.807) is 20.8 Å². The van der Waals surface area contributed by atoms with E-state index in [9.17, 15) is 9.59 Å². The Morgan fingerprint density at radius 1 is 0.952 bits per heavy atom. The minimum absolute atomic E-state index is 0.0661. The molecule has 5 nitrogen and oxygen atoms in total. The van der Waals surface area contributed by atoms with Gasteiger partial charge in [0.15, 0.2) is 0 Å². The Hall–Kier alpha value is -1.36. The molecular weight excluding hydrogens is 272 g/mol. The first-order chi connectivity index (χ1) is 9.46. The summed E-state index contributed by atoms with van der Waals surface area (Å²) in [5.41, 5.74) is -0.450. The molecule has 5 heteroatoms. The lowest BCUT2D eigenvalue weighted by Gasteiger charge is -2.25. The summed E-state index contributed by atoms with van der Waals surface area (Å²) in [6, 6.07) is 0. The Balaban J connectivity index is 3.99. The van der Waals surface area contributed by atoms with Crippen LogP contribution >= 0.6 is 0 Å². The summed E-state index contributed by atoms with van der Waals surface area (Å²) in [6.07, 6.45) is 0. The molecule has 0 atom stereocenters. The van der Waals surface area contributed by atoms with Crippen LogP contribution in [0.3, 0.4) is 0 Å². The SMILES string of the molecule is C=C(C)C(=O)OCCOCC(C)(C)C(=O)OCC(C)(C)C. The number of hydrogen-bond acceptors (Lipinski definition) is 5. The fraction of sp³-hybridized carbons (Fsp3) is 0.750. The molecule has 0 amide bonds. The second kappa shape index (κ2) is 8.17. The molecular formula is C16H28O5. The second-order valence-electron chi connectivity index (χ2n) is 6.99. The average molecular weight is 300 g/mol. The van der Waals surface area contributed by atoms with Gasteiger partial charge in [-0.3, -0.25) is 4.79 Å². The average Bonchev–Trinajstić information content (AvgIpc) is 2.33. The van der Waals surface area contributed by atoms with Crippen LogP contribution in [0.4, 0.5) is 0 Å². The standard InChI is InChI=1S/C16H28O5/c1-12(2)13(17)20-9-8-19-11-16(6,7)14(18)21-10-15(3,4)5/h1,8-11H2,2-7H3. The maximum atomic E-state index is 12.0. The third-order valence-corrected chi connectivity index (χ3v) is 2.46. The Labute approximate surface area is 127 Å². The van der Waals surface area contributed by atoms with Crippen molar-refractivity contribution in [2.45, 2.75) is 41.5 Å². The van der Waals surface area contributed by atoms with Gasteiger partial charge in [-0.1, -0.05) is 27.4 Å². The van der Waals surface area contributed by atoms with E-state index in [1.165, 1.54) is 0 Å². The number of ether oxygens (including phenoxy) is 3. The van der Waals surface area contributed by atoms with E-state index in [-0.39, 0.29) is 31.2 Å². The third kappa shape index (κ3) is 9.24. The van der Waals surface area contributed by atoms with Gasteiger partial charge in [-0.15, -0.1) is 0 Å². The quantitative estimate of drug-likeness (QED) is 0.392. The van der Waals surface area contributed by atoms with E-state index in [2.05, 4.69) is 6.58 Å². The highest BCUT2D eigenvalue weighted by Gasteiger charge is 2.30. The Morgan fingerprint density at radius 3 is 2.00 bits per heavy atom. The van der Waals surface area contributed by atoms with Crippen LogP contribution in [0.15, 0.2) is 12.2 Å². The normalized spacial score (nSPS) is 11.9. The molecule has 21 heavy (non-hydrogen) atoms. The summed E-state index contributed by atoms with van der Waals surface area (Å²) in [5, 5.41) is 0. The van der Waals surface area contributed by atoms with E-state index in [0.29, 0.717) is 12.2 Å². The van der Waals surface area contributed by atoms with Crippen LogP contribution < -0.4 is 0 Å². The molecule has 0 saturated carbocycles. The molecule has 0 unspecified atom stereocenters. The van der Waals surface area contributed by atoms with Gasteiger partial charge >= 0.3 is 11.9 Å². The molecule has 0 aromatic carbocycles. The van der Waals surface area contributed by atoms with Gasteiger partial charge in [0.2, 0.25) is 0 Å². The topological polar surface area (TPSA) is 61.8 Å². The van der Waals surface area contributed by atoms with E-state index in [1.807, 2.05) is 20.8 Å². The molecule has 0 rings (SSSR count). The summed E-state index contributed by atoms with van der Waals surface area (Å²) in [7, 11) is 0. The van der Waals surface area contributed by atoms with Gasteiger partial charge in [-0.05, 0) is 26.2 Å².